The zero-order valence-corrected chi connectivity index (χ0v) is 11.8. The molecule has 0 bridgehead atoms. The van der Waals surface area contributed by atoms with Gasteiger partial charge in [0.15, 0.2) is 0 Å². The lowest BCUT2D eigenvalue weighted by Crippen LogP contribution is -2.33. The van der Waals surface area contributed by atoms with Gasteiger partial charge < -0.3 is 5.32 Å². The Morgan fingerprint density at radius 3 is 2.59 bits per heavy atom. The van der Waals surface area contributed by atoms with E-state index in [4.69, 9.17) is 0 Å². The quantitative estimate of drug-likeness (QED) is 0.809. The fraction of sp³-hybridized carbons (Fsp3) is 0.571. The minimum absolute atomic E-state index is 0.379. The summed E-state index contributed by atoms with van der Waals surface area (Å²) in [5.41, 5.74) is 2.44. The third-order valence-electron chi connectivity index (χ3n) is 2.95. The van der Waals surface area contributed by atoms with Gasteiger partial charge >= 0.3 is 0 Å². The normalized spacial score (nSPS) is 14.5. The molecule has 0 aliphatic heterocycles. The van der Waals surface area contributed by atoms with E-state index in [1.807, 2.05) is 12.1 Å². The Kier molecular flexibility index (Phi) is 6.45. The summed E-state index contributed by atoms with van der Waals surface area (Å²) in [5, 5.41) is 3.37. The van der Waals surface area contributed by atoms with Crippen LogP contribution in [0.25, 0.3) is 0 Å². The highest BCUT2D eigenvalue weighted by atomic mass is 32.2. The molecule has 0 radical (unpaired) electrons. The van der Waals surface area contributed by atoms with Crippen molar-refractivity contribution in [1.82, 2.24) is 5.32 Å². The molecule has 0 aromatic heterocycles. The summed E-state index contributed by atoms with van der Waals surface area (Å²) in [6.07, 6.45) is 1.04. The molecule has 0 spiro atoms. The molecular formula is C14H23NOS. The number of rotatable bonds is 7. The SMILES string of the molecule is CCNC(CC)CS(=O)Cc1ccccc1C. The van der Waals surface area contributed by atoms with Crippen molar-refractivity contribution in [3.8, 4) is 0 Å². The van der Waals surface area contributed by atoms with Crippen molar-refractivity contribution in [3.05, 3.63) is 35.4 Å². The molecule has 0 fully saturated rings. The van der Waals surface area contributed by atoms with Crippen LogP contribution in [0.2, 0.25) is 0 Å². The van der Waals surface area contributed by atoms with Crippen molar-refractivity contribution in [2.45, 2.75) is 39.0 Å². The summed E-state index contributed by atoms with van der Waals surface area (Å²) < 4.78 is 12.1. The van der Waals surface area contributed by atoms with Crippen molar-refractivity contribution in [2.24, 2.45) is 0 Å². The molecule has 1 rings (SSSR count). The van der Waals surface area contributed by atoms with Gasteiger partial charge in [-0.05, 0) is 31.0 Å². The van der Waals surface area contributed by atoms with Crippen LogP contribution in [0, 0.1) is 6.92 Å². The van der Waals surface area contributed by atoms with E-state index >= 15 is 0 Å². The Balaban J connectivity index is 2.52. The lowest BCUT2D eigenvalue weighted by atomic mass is 10.1. The fourth-order valence-corrected chi connectivity index (χ4v) is 3.43. The van der Waals surface area contributed by atoms with E-state index in [1.54, 1.807) is 0 Å². The van der Waals surface area contributed by atoms with Crippen LogP contribution >= 0.6 is 0 Å². The van der Waals surface area contributed by atoms with Gasteiger partial charge in [-0.1, -0.05) is 38.1 Å². The highest BCUT2D eigenvalue weighted by molar-refractivity contribution is 7.84. The molecule has 0 saturated carbocycles. The summed E-state index contributed by atoms with van der Waals surface area (Å²) in [6.45, 7) is 7.25. The minimum Gasteiger partial charge on any atom is -0.313 e. The molecule has 1 aromatic rings. The van der Waals surface area contributed by atoms with Crippen LogP contribution in [-0.4, -0.2) is 22.5 Å². The van der Waals surface area contributed by atoms with Gasteiger partial charge in [0, 0.05) is 28.3 Å². The van der Waals surface area contributed by atoms with Gasteiger partial charge in [0.25, 0.3) is 0 Å². The van der Waals surface area contributed by atoms with Crippen LogP contribution in [0.1, 0.15) is 31.4 Å². The van der Waals surface area contributed by atoms with E-state index in [9.17, 15) is 4.21 Å². The number of hydrogen-bond acceptors (Lipinski definition) is 2. The molecule has 2 unspecified atom stereocenters. The van der Waals surface area contributed by atoms with Crippen LogP contribution in [0.4, 0.5) is 0 Å². The van der Waals surface area contributed by atoms with Gasteiger partial charge in [0.05, 0.1) is 0 Å². The van der Waals surface area contributed by atoms with E-state index in [2.05, 4.69) is 38.2 Å². The van der Waals surface area contributed by atoms with Crippen LogP contribution in [0.3, 0.4) is 0 Å². The zero-order chi connectivity index (χ0) is 12.7. The van der Waals surface area contributed by atoms with Gasteiger partial charge in [-0.3, -0.25) is 4.21 Å². The van der Waals surface area contributed by atoms with Crippen LogP contribution in [0.5, 0.6) is 0 Å². The van der Waals surface area contributed by atoms with E-state index in [1.165, 1.54) is 11.1 Å². The Labute approximate surface area is 107 Å². The van der Waals surface area contributed by atoms with E-state index < -0.39 is 10.8 Å². The number of benzene rings is 1. The summed E-state index contributed by atoms with van der Waals surface area (Å²) >= 11 is 0. The van der Waals surface area contributed by atoms with Gasteiger partial charge in [-0.25, -0.2) is 0 Å². The largest absolute Gasteiger partial charge is 0.313 e. The average molecular weight is 253 g/mol. The molecule has 0 heterocycles. The lowest BCUT2D eigenvalue weighted by molar-refractivity contribution is 0.553. The third-order valence-corrected chi connectivity index (χ3v) is 4.36. The monoisotopic (exact) mass is 253 g/mol. The summed E-state index contributed by atoms with van der Waals surface area (Å²) in [5.74, 6) is 1.42. The topological polar surface area (TPSA) is 29.1 Å². The number of aryl methyl sites for hydroxylation is 1. The maximum Gasteiger partial charge on any atom is 0.0488 e. The summed E-state index contributed by atoms with van der Waals surface area (Å²) in [4.78, 5) is 0. The Bertz CT molecular complexity index is 365. The first-order valence-corrected chi connectivity index (χ1v) is 7.79. The van der Waals surface area contributed by atoms with Crippen molar-refractivity contribution in [3.63, 3.8) is 0 Å². The van der Waals surface area contributed by atoms with Crippen molar-refractivity contribution >= 4 is 10.8 Å². The van der Waals surface area contributed by atoms with Gasteiger partial charge in [-0.15, -0.1) is 0 Å². The highest BCUT2D eigenvalue weighted by Crippen LogP contribution is 2.10. The molecule has 0 aliphatic carbocycles. The van der Waals surface area contributed by atoms with E-state index in [0.29, 0.717) is 11.8 Å². The highest BCUT2D eigenvalue weighted by Gasteiger charge is 2.10. The Hall–Kier alpha value is -0.670. The zero-order valence-electron chi connectivity index (χ0n) is 11.0. The van der Waals surface area contributed by atoms with Gasteiger partial charge in [0.2, 0.25) is 0 Å². The molecule has 1 N–H and O–H groups in total. The molecule has 2 nitrogen and oxygen atoms in total. The fourth-order valence-electron chi connectivity index (χ4n) is 1.84. The van der Waals surface area contributed by atoms with Crippen LogP contribution in [-0.2, 0) is 16.6 Å². The van der Waals surface area contributed by atoms with E-state index in [0.717, 1.165) is 18.7 Å². The molecule has 0 amide bonds. The van der Waals surface area contributed by atoms with Gasteiger partial charge in [-0.2, -0.15) is 0 Å². The standard InChI is InChI=1S/C14H23NOS/c1-4-14(15-5-2)11-17(16)10-13-9-7-6-8-12(13)3/h6-9,14-15H,4-5,10-11H2,1-3H3. The Morgan fingerprint density at radius 1 is 1.29 bits per heavy atom. The average Bonchev–Trinajstić information content (AvgIpc) is 2.31. The molecular weight excluding hydrogens is 230 g/mol. The summed E-state index contributed by atoms with van der Waals surface area (Å²) in [7, 11) is -0.775. The van der Waals surface area contributed by atoms with E-state index in [-0.39, 0.29) is 0 Å². The minimum atomic E-state index is -0.775. The smallest absolute Gasteiger partial charge is 0.0488 e. The maximum atomic E-state index is 12.1. The van der Waals surface area contributed by atoms with Crippen LogP contribution < -0.4 is 5.32 Å². The summed E-state index contributed by atoms with van der Waals surface area (Å²) in [6, 6.07) is 8.57. The first-order valence-electron chi connectivity index (χ1n) is 6.30. The number of hydrogen-bond donors (Lipinski definition) is 1. The first-order chi connectivity index (χ1) is 8.17. The molecule has 0 saturated heterocycles. The molecule has 96 valence electrons. The van der Waals surface area contributed by atoms with Gasteiger partial charge in [0.1, 0.15) is 0 Å². The predicted octanol–water partition coefficient (Wildman–Crippen LogP) is 2.63. The number of nitrogens with one attached hydrogen (secondary N) is 1. The second-order valence-corrected chi connectivity index (χ2v) is 5.84. The van der Waals surface area contributed by atoms with Crippen molar-refractivity contribution in [1.29, 1.82) is 0 Å². The molecule has 3 heteroatoms. The molecule has 1 aromatic carbocycles. The molecule has 2 atom stereocenters. The maximum absolute atomic E-state index is 12.1. The van der Waals surface area contributed by atoms with Crippen molar-refractivity contribution in [2.75, 3.05) is 12.3 Å². The first kappa shape index (κ1) is 14.4. The second-order valence-electron chi connectivity index (χ2n) is 4.34. The third kappa shape index (κ3) is 5.00. The lowest BCUT2D eigenvalue weighted by Gasteiger charge is -2.15. The predicted molar refractivity (Wildman–Crippen MR) is 75.6 cm³/mol. The molecule has 0 aliphatic rings. The second kappa shape index (κ2) is 7.62. The van der Waals surface area contributed by atoms with Crippen LogP contribution in [0.15, 0.2) is 24.3 Å². The molecule has 17 heavy (non-hydrogen) atoms. The Morgan fingerprint density at radius 2 is 2.00 bits per heavy atom. The van der Waals surface area contributed by atoms with Crippen molar-refractivity contribution < 1.29 is 4.21 Å².